The highest BCUT2D eigenvalue weighted by molar-refractivity contribution is 5.94. The molecule has 0 saturated heterocycles. The van der Waals surface area contributed by atoms with Crippen LogP contribution in [0, 0.1) is 6.92 Å². The van der Waals surface area contributed by atoms with E-state index in [2.05, 4.69) is 5.32 Å². The van der Waals surface area contributed by atoms with Crippen LogP contribution in [0.15, 0.2) is 22.6 Å². The quantitative estimate of drug-likeness (QED) is 0.757. The van der Waals surface area contributed by atoms with Crippen molar-refractivity contribution in [1.29, 1.82) is 0 Å². The van der Waals surface area contributed by atoms with Crippen LogP contribution in [0.2, 0.25) is 0 Å². The van der Waals surface area contributed by atoms with Crippen molar-refractivity contribution in [2.75, 3.05) is 0 Å². The summed E-state index contributed by atoms with van der Waals surface area (Å²) in [4.78, 5) is 22.4. The number of amides is 1. The second-order valence-electron chi connectivity index (χ2n) is 3.97. The number of carboxylic acids is 1. The summed E-state index contributed by atoms with van der Waals surface area (Å²) >= 11 is 0. The molecule has 0 saturated carbocycles. The van der Waals surface area contributed by atoms with E-state index in [4.69, 9.17) is 9.52 Å². The summed E-state index contributed by atoms with van der Waals surface area (Å²) in [6.45, 7) is 3.67. The molecule has 1 aromatic heterocycles. The van der Waals surface area contributed by atoms with E-state index in [1.54, 1.807) is 19.1 Å². The summed E-state index contributed by atoms with van der Waals surface area (Å²) in [5.74, 6) is -0.146. The highest BCUT2D eigenvalue weighted by Crippen LogP contribution is 2.07. The number of carbonyl (C=O) groups excluding carboxylic acids is 1. The Bertz CT molecular complexity index is 448. The molecule has 0 unspecified atom stereocenters. The van der Waals surface area contributed by atoms with Gasteiger partial charge in [0.1, 0.15) is 17.6 Å². The van der Waals surface area contributed by atoms with Crippen LogP contribution in [-0.2, 0) is 9.59 Å². The lowest BCUT2D eigenvalue weighted by Crippen LogP contribution is -2.39. The lowest BCUT2D eigenvalue weighted by Gasteiger charge is -2.11. The van der Waals surface area contributed by atoms with E-state index >= 15 is 0 Å². The third-order valence-corrected chi connectivity index (χ3v) is 2.35. The van der Waals surface area contributed by atoms with Gasteiger partial charge < -0.3 is 14.8 Å². The zero-order valence-electron chi connectivity index (χ0n) is 10.5. The van der Waals surface area contributed by atoms with Crippen molar-refractivity contribution >= 4 is 18.0 Å². The first-order valence-electron chi connectivity index (χ1n) is 5.80. The molecule has 18 heavy (non-hydrogen) atoms. The first-order valence-corrected chi connectivity index (χ1v) is 5.80. The van der Waals surface area contributed by atoms with Gasteiger partial charge in [-0.3, -0.25) is 4.79 Å². The summed E-state index contributed by atoms with van der Waals surface area (Å²) in [7, 11) is 0. The summed E-state index contributed by atoms with van der Waals surface area (Å²) < 4.78 is 5.25. The SMILES string of the molecule is CCC[C@@H](NC(=O)/C=C/c1ccc(C)o1)C(=O)O. The van der Waals surface area contributed by atoms with Crippen LogP contribution in [-0.4, -0.2) is 23.0 Å². The standard InChI is InChI=1S/C13H17NO4/c1-3-4-11(13(16)17)14-12(15)8-7-10-6-5-9(2)18-10/h5-8,11H,3-4H2,1-2H3,(H,14,15)(H,16,17)/b8-7+/t11-/m1/s1. The van der Waals surface area contributed by atoms with Crippen molar-refractivity contribution in [2.24, 2.45) is 0 Å². The van der Waals surface area contributed by atoms with Gasteiger partial charge in [-0.15, -0.1) is 0 Å². The second-order valence-corrected chi connectivity index (χ2v) is 3.97. The van der Waals surface area contributed by atoms with Gasteiger partial charge in [0.2, 0.25) is 5.91 Å². The maximum atomic E-state index is 11.5. The Morgan fingerprint density at radius 1 is 1.50 bits per heavy atom. The van der Waals surface area contributed by atoms with Gasteiger partial charge in [0.25, 0.3) is 0 Å². The zero-order chi connectivity index (χ0) is 13.5. The van der Waals surface area contributed by atoms with Crippen LogP contribution >= 0.6 is 0 Å². The van der Waals surface area contributed by atoms with E-state index in [0.29, 0.717) is 18.6 Å². The number of carbonyl (C=O) groups is 2. The normalized spacial score (nSPS) is 12.6. The molecule has 1 amide bonds. The fourth-order valence-corrected chi connectivity index (χ4v) is 1.47. The van der Waals surface area contributed by atoms with E-state index in [-0.39, 0.29) is 0 Å². The summed E-state index contributed by atoms with van der Waals surface area (Å²) in [6.07, 6.45) is 3.88. The topological polar surface area (TPSA) is 79.5 Å². The maximum absolute atomic E-state index is 11.5. The lowest BCUT2D eigenvalue weighted by molar-refractivity contribution is -0.141. The minimum Gasteiger partial charge on any atom is -0.480 e. The van der Waals surface area contributed by atoms with Gasteiger partial charge >= 0.3 is 5.97 Å². The molecule has 5 heteroatoms. The molecule has 2 N–H and O–H groups in total. The average Bonchev–Trinajstić information content (AvgIpc) is 2.72. The maximum Gasteiger partial charge on any atom is 0.326 e. The van der Waals surface area contributed by atoms with Crippen molar-refractivity contribution in [3.8, 4) is 0 Å². The van der Waals surface area contributed by atoms with Gasteiger partial charge in [-0.25, -0.2) is 4.79 Å². The van der Waals surface area contributed by atoms with E-state index in [0.717, 1.165) is 5.76 Å². The fraction of sp³-hybridized carbons (Fsp3) is 0.385. The predicted octanol–water partition coefficient (Wildman–Crippen LogP) is 1.97. The zero-order valence-corrected chi connectivity index (χ0v) is 10.5. The van der Waals surface area contributed by atoms with Crippen molar-refractivity contribution < 1.29 is 19.1 Å². The summed E-state index contributed by atoms with van der Waals surface area (Å²) in [5.41, 5.74) is 0. The van der Waals surface area contributed by atoms with Crippen LogP contribution in [0.25, 0.3) is 6.08 Å². The largest absolute Gasteiger partial charge is 0.480 e. The number of aryl methyl sites for hydroxylation is 1. The number of furan rings is 1. The molecule has 0 aliphatic carbocycles. The molecule has 98 valence electrons. The van der Waals surface area contributed by atoms with Crippen LogP contribution < -0.4 is 5.32 Å². The molecule has 5 nitrogen and oxygen atoms in total. The number of nitrogens with one attached hydrogen (secondary N) is 1. The van der Waals surface area contributed by atoms with E-state index in [1.165, 1.54) is 12.2 Å². The van der Waals surface area contributed by atoms with Crippen molar-refractivity contribution in [3.63, 3.8) is 0 Å². The van der Waals surface area contributed by atoms with Gasteiger partial charge in [-0.2, -0.15) is 0 Å². The monoisotopic (exact) mass is 251 g/mol. The number of hydrogen-bond acceptors (Lipinski definition) is 3. The number of hydrogen-bond donors (Lipinski definition) is 2. The van der Waals surface area contributed by atoms with E-state index < -0.39 is 17.9 Å². The van der Waals surface area contributed by atoms with Crippen LogP contribution in [0.5, 0.6) is 0 Å². The van der Waals surface area contributed by atoms with Gasteiger partial charge in [0, 0.05) is 6.08 Å². The van der Waals surface area contributed by atoms with Gasteiger partial charge in [-0.05, 0) is 31.6 Å². The second kappa shape index (κ2) is 6.64. The van der Waals surface area contributed by atoms with Crippen molar-refractivity contribution in [1.82, 2.24) is 5.32 Å². The average molecular weight is 251 g/mol. The molecule has 1 atom stereocenters. The molecule has 0 fully saturated rings. The minimum absolute atomic E-state index is 0.411. The number of aliphatic carboxylic acids is 1. The molecule has 0 bridgehead atoms. The third kappa shape index (κ3) is 4.45. The Labute approximate surface area is 105 Å². The predicted molar refractivity (Wildman–Crippen MR) is 67.0 cm³/mol. The molecule has 0 radical (unpaired) electrons. The Hall–Kier alpha value is -2.04. The molecule has 1 rings (SSSR count). The molecular weight excluding hydrogens is 234 g/mol. The highest BCUT2D eigenvalue weighted by Gasteiger charge is 2.17. The molecule has 0 aliphatic heterocycles. The molecular formula is C13H17NO4. The molecule has 0 aliphatic rings. The molecule has 0 spiro atoms. The highest BCUT2D eigenvalue weighted by atomic mass is 16.4. The third-order valence-electron chi connectivity index (χ3n) is 2.35. The van der Waals surface area contributed by atoms with E-state index in [1.807, 2.05) is 6.92 Å². The molecule has 1 heterocycles. The van der Waals surface area contributed by atoms with Gasteiger partial charge in [0.15, 0.2) is 0 Å². The Kier molecular flexibility index (Phi) is 5.17. The van der Waals surface area contributed by atoms with Crippen LogP contribution in [0.3, 0.4) is 0 Å². The Morgan fingerprint density at radius 3 is 2.72 bits per heavy atom. The van der Waals surface area contributed by atoms with Gasteiger partial charge in [-0.1, -0.05) is 13.3 Å². The smallest absolute Gasteiger partial charge is 0.326 e. The fourth-order valence-electron chi connectivity index (χ4n) is 1.47. The van der Waals surface area contributed by atoms with Gasteiger partial charge in [0.05, 0.1) is 0 Å². The lowest BCUT2D eigenvalue weighted by atomic mass is 10.1. The molecule has 1 aromatic rings. The Balaban J connectivity index is 2.54. The van der Waals surface area contributed by atoms with Crippen LogP contribution in [0.1, 0.15) is 31.3 Å². The van der Waals surface area contributed by atoms with E-state index in [9.17, 15) is 9.59 Å². The number of carboxylic acid groups (broad SMARTS) is 1. The summed E-state index contributed by atoms with van der Waals surface area (Å²) in [5, 5.41) is 11.3. The van der Waals surface area contributed by atoms with Crippen molar-refractivity contribution in [2.45, 2.75) is 32.7 Å². The van der Waals surface area contributed by atoms with Crippen molar-refractivity contribution in [3.05, 3.63) is 29.7 Å². The Morgan fingerprint density at radius 2 is 2.22 bits per heavy atom. The van der Waals surface area contributed by atoms with Crippen LogP contribution in [0.4, 0.5) is 0 Å². The first-order chi connectivity index (χ1) is 8.52. The number of rotatable bonds is 6. The summed E-state index contributed by atoms with van der Waals surface area (Å²) in [6, 6.07) is 2.68. The first kappa shape index (κ1) is 14.0. The molecule has 0 aromatic carbocycles. The minimum atomic E-state index is -1.02.